The van der Waals surface area contributed by atoms with Gasteiger partial charge in [-0.25, -0.2) is 4.79 Å². The number of carbonyl (C=O) groups excluding carboxylic acids is 1. The SMILES string of the molecule is CCCC1([N+]2(C)C(=O)CC3c4cc(OC)ccc4CCC32O)OCCO1. The second-order valence-electron chi connectivity index (χ2n) is 7.76. The highest BCUT2D eigenvalue weighted by atomic mass is 16.8. The highest BCUT2D eigenvalue weighted by Crippen LogP contribution is 2.57. The Morgan fingerprint density at radius 2 is 2.08 bits per heavy atom. The van der Waals surface area contributed by atoms with Crippen molar-refractivity contribution in [2.45, 2.75) is 56.6 Å². The van der Waals surface area contributed by atoms with Crippen molar-refractivity contribution in [1.29, 1.82) is 0 Å². The van der Waals surface area contributed by atoms with Gasteiger partial charge < -0.3 is 19.3 Å². The first-order valence-corrected chi connectivity index (χ1v) is 9.49. The molecule has 3 unspecified atom stereocenters. The van der Waals surface area contributed by atoms with Crippen LogP contribution in [0.2, 0.25) is 0 Å². The lowest BCUT2D eigenvalue weighted by molar-refractivity contribution is -1.00. The highest BCUT2D eigenvalue weighted by molar-refractivity contribution is 5.74. The summed E-state index contributed by atoms with van der Waals surface area (Å²) in [5.41, 5.74) is 0.952. The summed E-state index contributed by atoms with van der Waals surface area (Å²) in [6, 6.07) is 5.96. The van der Waals surface area contributed by atoms with Crippen molar-refractivity contribution in [3.63, 3.8) is 0 Å². The minimum Gasteiger partial charge on any atom is -0.497 e. The number of aliphatic hydroxyl groups is 1. The van der Waals surface area contributed by atoms with Crippen molar-refractivity contribution in [1.82, 2.24) is 0 Å². The molecule has 2 saturated heterocycles. The highest BCUT2D eigenvalue weighted by Gasteiger charge is 2.74. The summed E-state index contributed by atoms with van der Waals surface area (Å²) < 4.78 is 17.2. The number of likely N-dealkylation sites (tertiary alicyclic amines) is 1. The fourth-order valence-corrected chi connectivity index (χ4v) is 5.25. The van der Waals surface area contributed by atoms with Crippen molar-refractivity contribution in [2.75, 3.05) is 27.4 Å². The van der Waals surface area contributed by atoms with Crippen molar-refractivity contribution < 1.29 is 28.6 Å². The molecule has 1 N–H and O–H groups in total. The lowest BCUT2D eigenvalue weighted by Crippen LogP contribution is -2.74. The molecule has 3 aliphatic rings. The number of hydrogen-bond donors (Lipinski definition) is 1. The molecule has 1 aromatic carbocycles. The average molecular weight is 362 g/mol. The van der Waals surface area contributed by atoms with Crippen LogP contribution >= 0.6 is 0 Å². The molecule has 6 heteroatoms. The maximum Gasteiger partial charge on any atom is 0.328 e. The summed E-state index contributed by atoms with van der Waals surface area (Å²) in [7, 11) is 3.43. The standard InChI is InChI=1S/C20H28NO5/c1-4-8-20(25-10-11-26-20)21(2)18(22)13-17-16-12-15(24-3)6-5-14(16)7-9-19(17,21)23/h5-6,12,17,23H,4,7-11,13H2,1-3H3/q+1. The van der Waals surface area contributed by atoms with Crippen molar-refractivity contribution >= 4 is 5.91 Å². The van der Waals surface area contributed by atoms with Crippen LogP contribution in [-0.4, -0.2) is 54.5 Å². The zero-order chi connectivity index (χ0) is 18.6. The topological polar surface area (TPSA) is 65.0 Å². The minimum atomic E-state index is -1.24. The fraction of sp³-hybridized carbons (Fsp3) is 0.650. The van der Waals surface area contributed by atoms with E-state index in [2.05, 4.69) is 0 Å². The predicted octanol–water partition coefficient (Wildman–Crippen LogP) is 2.29. The van der Waals surface area contributed by atoms with E-state index in [4.69, 9.17) is 14.2 Å². The van der Waals surface area contributed by atoms with E-state index in [1.807, 2.05) is 25.1 Å². The Balaban J connectivity index is 1.83. The molecule has 0 radical (unpaired) electrons. The van der Waals surface area contributed by atoms with Gasteiger partial charge in [-0.2, -0.15) is 4.48 Å². The van der Waals surface area contributed by atoms with E-state index < -0.39 is 11.6 Å². The number of rotatable bonds is 4. The van der Waals surface area contributed by atoms with Crippen LogP contribution in [0.15, 0.2) is 18.2 Å². The molecule has 2 fully saturated rings. The molecule has 1 amide bonds. The van der Waals surface area contributed by atoms with Gasteiger partial charge in [0.1, 0.15) is 5.75 Å². The monoisotopic (exact) mass is 362 g/mol. The zero-order valence-corrected chi connectivity index (χ0v) is 15.8. The number of amides is 1. The van der Waals surface area contributed by atoms with Crippen LogP contribution in [0.1, 0.15) is 49.7 Å². The molecule has 1 aliphatic carbocycles. The summed E-state index contributed by atoms with van der Waals surface area (Å²) in [6.45, 7) is 2.95. The fourth-order valence-electron chi connectivity index (χ4n) is 5.25. The Morgan fingerprint density at radius 1 is 1.35 bits per heavy atom. The molecule has 142 valence electrons. The third-order valence-electron chi connectivity index (χ3n) is 6.69. The second kappa shape index (κ2) is 6.02. The van der Waals surface area contributed by atoms with Crippen LogP contribution in [0.25, 0.3) is 0 Å². The molecular weight excluding hydrogens is 334 g/mol. The van der Waals surface area contributed by atoms with Gasteiger partial charge in [0.2, 0.25) is 5.72 Å². The Labute approximate surface area is 154 Å². The molecule has 3 atom stereocenters. The third-order valence-corrected chi connectivity index (χ3v) is 6.69. The largest absolute Gasteiger partial charge is 0.497 e. The van der Waals surface area contributed by atoms with Crippen molar-refractivity contribution in [3.05, 3.63) is 29.3 Å². The summed E-state index contributed by atoms with van der Waals surface area (Å²) in [5.74, 6) is -0.645. The number of hydrogen-bond acceptors (Lipinski definition) is 5. The van der Waals surface area contributed by atoms with Crippen LogP contribution in [0.4, 0.5) is 0 Å². The Hall–Kier alpha value is -1.47. The van der Waals surface area contributed by atoms with E-state index in [0.29, 0.717) is 26.1 Å². The van der Waals surface area contributed by atoms with Gasteiger partial charge in [-0.05, 0) is 36.1 Å². The van der Waals surface area contributed by atoms with Gasteiger partial charge in [-0.3, -0.25) is 0 Å². The lowest BCUT2D eigenvalue weighted by Gasteiger charge is -2.51. The number of methoxy groups -OCH3 is 1. The minimum absolute atomic E-state index is 0.0245. The molecular formula is C20H28NO5+. The Morgan fingerprint density at radius 3 is 2.73 bits per heavy atom. The van der Waals surface area contributed by atoms with Crippen LogP contribution in [-0.2, 0) is 20.7 Å². The van der Waals surface area contributed by atoms with E-state index in [9.17, 15) is 9.90 Å². The second-order valence-corrected chi connectivity index (χ2v) is 7.76. The third kappa shape index (κ3) is 2.10. The quantitative estimate of drug-likeness (QED) is 0.833. The molecule has 0 bridgehead atoms. The van der Waals surface area contributed by atoms with Gasteiger partial charge >= 0.3 is 11.8 Å². The number of ether oxygens (including phenoxy) is 3. The number of nitrogens with zero attached hydrogens (tertiary/aromatic N) is 1. The smallest absolute Gasteiger partial charge is 0.328 e. The van der Waals surface area contributed by atoms with E-state index in [1.165, 1.54) is 5.56 Å². The van der Waals surface area contributed by atoms with Crippen LogP contribution in [0.3, 0.4) is 0 Å². The van der Waals surface area contributed by atoms with Crippen molar-refractivity contribution in [3.8, 4) is 5.75 Å². The predicted molar refractivity (Wildman–Crippen MR) is 94.4 cm³/mol. The molecule has 0 saturated carbocycles. The normalized spacial score (nSPS) is 35.2. The molecule has 0 spiro atoms. The molecule has 4 rings (SSSR count). The number of likely N-dealkylation sites (N-methyl/N-ethyl adjacent to an activating group) is 1. The van der Waals surface area contributed by atoms with Gasteiger partial charge in [-0.15, -0.1) is 0 Å². The summed E-state index contributed by atoms with van der Waals surface area (Å²) >= 11 is 0. The molecule has 2 heterocycles. The Bertz CT molecular complexity index is 729. The van der Waals surface area contributed by atoms with Crippen molar-refractivity contribution in [2.24, 2.45) is 0 Å². The van der Waals surface area contributed by atoms with E-state index >= 15 is 0 Å². The van der Waals surface area contributed by atoms with Gasteiger partial charge in [0.05, 0.1) is 46.1 Å². The van der Waals surface area contributed by atoms with E-state index in [0.717, 1.165) is 24.2 Å². The number of benzene rings is 1. The van der Waals surface area contributed by atoms with Gasteiger partial charge in [-0.1, -0.05) is 13.0 Å². The molecule has 26 heavy (non-hydrogen) atoms. The van der Waals surface area contributed by atoms with Gasteiger partial charge in [0.15, 0.2) is 0 Å². The molecule has 2 aliphatic heterocycles. The number of aryl methyl sites for hydroxylation is 1. The number of carbonyl (C=O) groups is 1. The molecule has 1 aromatic rings. The van der Waals surface area contributed by atoms with Gasteiger partial charge in [0.25, 0.3) is 0 Å². The maximum atomic E-state index is 13.3. The lowest BCUT2D eigenvalue weighted by atomic mass is 9.76. The average Bonchev–Trinajstić information content (AvgIpc) is 3.20. The van der Waals surface area contributed by atoms with Gasteiger partial charge in [0, 0.05) is 6.42 Å². The number of fused-ring (bicyclic) bond motifs is 3. The summed E-state index contributed by atoms with van der Waals surface area (Å²) in [4.78, 5) is 13.3. The first kappa shape index (κ1) is 17.9. The first-order chi connectivity index (χ1) is 12.4. The van der Waals surface area contributed by atoms with Crippen LogP contribution < -0.4 is 4.74 Å². The van der Waals surface area contributed by atoms with E-state index in [1.54, 1.807) is 14.2 Å². The number of quaternary nitrogens is 1. The summed E-state index contributed by atoms with van der Waals surface area (Å²) in [5, 5.41) is 11.9. The maximum absolute atomic E-state index is 13.3. The zero-order valence-electron chi connectivity index (χ0n) is 15.8. The summed E-state index contributed by atoms with van der Waals surface area (Å²) in [6.07, 6.45) is 2.90. The molecule has 0 aromatic heterocycles. The van der Waals surface area contributed by atoms with E-state index in [-0.39, 0.29) is 22.7 Å². The van der Waals surface area contributed by atoms with Crippen LogP contribution in [0.5, 0.6) is 5.75 Å². The first-order valence-electron chi connectivity index (χ1n) is 9.49. The molecule has 6 nitrogen and oxygen atoms in total. The van der Waals surface area contributed by atoms with Crippen LogP contribution in [0, 0.1) is 0 Å². The Kier molecular flexibility index (Phi) is 4.15.